The van der Waals surface area contributed by atoms with Gasteiger partial charge in [-0.3, -0.25) is 9.69 Å². The van der Waals surface area contributed by atoms with Crippen molar-refractivity contribution in [3.8, 4) is 0 Å². The van der Waals surface area contributed by atoms with E-state index < -0.39 is 18.3 Å². The van der Waals surface area contributed by atoms with Gasteiger partial charge in [-0.25, -0.2) is 0 Å². The molecule has 144 valence electrons. The first kappa shape index (κ1) is 24.5. The normalized spacial score (nSPS) is 17.9. The predicted molar refractivity (Wildman–Crippen MR) is 99.3 cm³/mol. The Morgan fingerprint density at radius 1 is 1.12 bits per heavy atom. The average molecular weight is 467 g/mol. The number of halogens is 6. The Balaban J connectivity index is 0.00000288. The Hall–Kier alpha value is -0.540. The molecule has 10 heteroatoms. The molecule has 1 aromatic carbocycles. The standard InChI is InChI=1S/C15H19BrF3N3O.2ClH/c1-14(20,11-2-4-12(16)5-3-11)13(23)22-8-6-21(7-9-22)10-15(17,18)19;;/h2-5H,6-10,20H2,1H3;2*1H. The number of piperazine rings is 1. The predicted octanol–water partition coefficient (Wildman–Crippen LogP) is 3.17. The summed E-state index contributed by atoms with van der Waals surface area (Å²) in [5.74, 6) is -0.272. The number of hydrogen-bond acceptors (Lipinski definition) is 3. The van der Waals surface area contributed by atoms with Crippen molar-refractivity contribution in [2.75, 3.05) is 32.7 Å². The third-order valence-electron chi connectivity index (χ3n) is 3.95. The lowest BCUT2D eigenvalue weighted by molar-refractivity contribution is -0.153. The quantitative estimate of drug-likeness (QED) is 0.744. The fourth-order valence-corrected chi connectivity index (χ4v) is 2.88. The number of amides is 1. The molecule has 2 rings (SSSR count). The van der Waals surface area contributed by atoms with Crippen LogP contribution in [-0.4, -0.2) is 54.6 Å². The van der Waals surface area contributed by atoms with E-state index in [1.807, 2.05) is 0 Å². The van der Waals surface area contributed by atoms with Crippen LogP contribution in [-0.2, 0) is 10.3 Å². The summed E-state index contributed by atoms with van der Waals surface area (Å²) in [5, 5.41) is 0. The van der Waals surface area contributed by atoms with Crippen LogP contribution in [0.5, 0.6) is 0 Å². The van der Waals surface area contributed by atoms with Gasteiger partial charge in [0.05, 0.1) is 6.54 Å². The van der Waals surface area contributed by atoms with E-state index in [1.165, 1.54) is 9.80 Å². The zero-order valence-corrected chi connectivity index (χ0v) is 16.8. The van der Waals surface area contributed by atoms with E-state index in [-0.39, 0.29) is 56.9 Å². The first-order chi connectivity index (χ1) is 10.6. The number of alkyl halides is 3. The van der Waals surface area contributed by atoms with Crippen molar-refractivity contribution in [2.45, 2.75) is 18.6 Å². The molecule has 0 bridgehead atoms. The van der Waals surface area contributed by atoms with Crippen LogP contribution in [0, 0.1) is 0 Å². The van der Waals surface area contributed by atoms with E-state index in [2.05, 4.69) is 15.9 Å². The van der Waals surface area contributed by atoms with Gasteiger partial charge in [0.1, 0.15) is 5.54 Å². The smallest absolute Gasteiger partial charge is 0.338 e. The lowest BCUT2D eigenvalue weighted by atomic mass is 9.91. The molecule has 25 heavy (non-hydrogen) atoms. The summed E-state index contributed by atoms with van der Waals surface area (Å²) in [5.41, 5.74) is 5.67. The van der Waals surface area contributed by atoms with Gasteiger partial charge in [-0.05, 0) is 24.6 Å². The Morgan fingerprint density at radius 3 is 2.04 bits per heavy atom. The van der Waals surface area contributed by atoms with E-state index in [4.69, 9.17) is 5.73 Å². The Labute approximate surface area is 165 Å². The van der Waals surface area contributed by atoms with Gasteiger partial charge in [-0.15, -0.1) is 24.8 Å². The highest BCUT2D eigenvalue weighted by molar-refractivity contribution is 9.10. The van der Waals surface area contributed by atoms with E-state index >= 15 is 0 Å². The third-order valence-corrected chi connectivity index (χ3v) is 4.48. The second kappa shape index (κ2) is 9.41. The van der Waals surface area contributed by atoms with Gasteiger partial charge in [0, 0.05) is 30.7 Å². The van der Waals surface area contributed by atoms with Gasteiger partial charge in [0.25, 0.3) is 0 Å². The molecule has 0 aromatic heterocycles. The minimum absolute atomic E-state index is 0. The highest BCUT2D eigenvalue weighted by Crippen LogP contribution is 2.24. The molecule has 1 amide bonds. The van der Waals surface area contributed by atoms with Gasteiger partial charge in [-0.1, -0.05) is 28.1 Å². The number of nitrogens with zero attached hydrogens (tertiary/aromatic N) is 2. The lowest BCUT2D eigenvalue weighted by Gasteiger charge is -2.38. The van der Waals surface area contributed by atoms with Crippen molar-refractivity contribution < 1.29 is 18.0 Å². The first-order valence-corrected chi connectivity index (χ1v) is 8.02. The van der Waals surface area contributed by atoms with Crippen LogP contribution in [0.25, 0.3) is 0 Å². The van der Waals surface area contributed by atoms with Crippen LogP contribution in [0.15, 0.2) is 28.7 Å². The van der Waals surface area contributed by atoms with Crippen LogP contribution in [0.4, 0.5) is 13.2 Å². The molecule has 1 aliphatic rings. The maximum atomic E-state index is 12.6. The van der Waals surface area contributed by atoms with Gasteiger partial charge in [0.2, 0.25) is 5.91 Å². The zero-order chi connectivity index (χ0) is 17.3. The van der Waals surface area contributed by atoms with Crippen molar-refractivity contribution in [2.24, 2.45) is 5.73 Å². The Kier molecular flexibility index (Phi) is 9.21. The summed E-state index contributed by atoms with van der Waals surface area (Å²) < 4.78 is 38.1. The number of nitrogens with two attached hydrogens (primary N) is 1. The van der Waals surface area contributed by atoms with Crippen molar-refractivity contribution in [1.29, 1.82) is 0 Å². The molecule has 1 saturated heterocycles. The van der Waals surface area contributed by atoms with Crippen LogP contribution in [0.1, 0.15) is 12.5 Å². The van der Waals surface area contributed by atoms with Gasteiger partial charge >= 0.3 is 6.18 Å². The van der Waals surface area contributed by atoms with Crippen molar-refractivity contribution in [3.63, 3.8) is 0 Å². The average Bonchev–Trinajstić information content (AvgIpc) is 2.46. The fourth-order valence-electron chi connectivity index (χ4n) is 2.61. The molecule has 4 nitrogen and oxygen atoms in total. The van der Waals surface area contributed by atoms with Gasteiger partial charge in [0.15, 0.2) is 0 Å². The minimum Gasteiger partial charge on any atom is -0.338 e. The summed E-state index contributed by atoms with van der Waals surface area (Å²) in [7, 11) is 0. The SMILES string of the molecule is CC(N)(C(=O)N1CCN(CC(F)(F)F)CC1)c1ccc(Br)cc1.Cl.Cl. The molecule has 1 fully saturated rings. The monoisotopic (exact) mass is 465 g/mol. The Bertz CT molecular complexity index is 562. The van der Waals surface area contributed by atoms with E-state index in [9.17, 15) is 18.0 Å². The maximum absolute atomic E-state index is 12.6. The van der Waals surface area contributed by atoms with Gasteiger partial charge < -0.3 is 10.6 Å². The number of carbonyl (C=O) groups is 1. The van der Waals surface area contributed by atoms with Crippen LogP contribution in [0.3, 0.4) is 0 Å². The highest BCUT2D eigenvalue weighted by Gasteiger charge is 2.37. The summed E-state index contributed by atoms with van der Waals surface area (Å²) in [6, 6.07) is 7.13. The Morgan fingerprint density at radius 2 is 1.60 bits per heavy atom. The highest BCUT2D eigenvalue weighted by atomic mass is 79.9. The minimum atomic E-state index is -4.22. The van der Waals surface area contributed by atoms with Crippen molar-refractivity contribution >= 4 is 46.7 Å². The summed E-state index contributed by atoms with van der Waals surface area (Å²) in [6.45, 7) is 1.57. The van der Waals surface area contributed by atoms with Crippen LogP contribution >= 0.6 is 40.7 Å². The molecule has 1 unspecified atom stereocenters. The first-order valence-electron chi connectivity index (χ1n) is 7.23. The molecule has 1 aliphatic heterocycles. The lowest BCUT2D eigenvalue weighted by Crippen LogP contribution is -2.57. The number of rotatable bonds is 3. The second-order valence-corrected chi connectivity index (χ2v) is 6.81. The third kappa shape index (κ3) is 6.60. The summed E-state index contributed by atoms with van der Waals surface area (Å²) >= 11 is 3.32. The van der Waals surface area contributed by atoms with Crippen molar-refractivity contribution in [1.82, 2.24) is 9.80 Å². The van der Waals surface area contributed by atoms with E-state index in [0.717, 1.165) is 4.47 Å². The molecule has 1 heterocycles. The molecule has 1 aromatic rings. The van der Waals surface area contributed by atoms with Gasteiger partial charge in [-0.2, -0.15) is 13.2 Å². The molecular weight excluding hydrogens is 446 g/mol. The largest absolute Gasteiger partial charge is 0.401 e. The molecule has 1 atom stereocenters. The maximum Gasteiger partial charge on any atom is 0.401 e. The molecular formula is C15H21BrCl2F3N3O. The number of carbonyl (C=O) groups excluding carboxylic acids is 1. The fraction of sp³-hybridized carbons (Fsp3) is 0.533. The molecule has 0 saturated carbocycles. The molecule has 0 aliphatic carbocycles. The number of benzene rings is 1. The van der Waals surface area contributed by atoms with E-state index in [0.29, 0.717) is 5.56 Å². The second-order valence-electron chi connectivity index (χ2n) is 5.89. The molecule has 0 radical (unpaired) electrons. The van der Waals surface area contributed by atoms with Crippen molar-refractivity contribution in [3.05, 3.63) is 34.3 Å². The topological polar surface area (TPSA) is 49.6 Å². The zero-order valence-electron chi connectivity index (χ0n) is 13.6. The van der Waals surface area contributed by atoms with Crippen LogP contribution in [0.2, 0.25) is 0 Å². The number of hydrogen-bond donors (Lipinski definition) is 1. The molecule has 2 N–H and O–H groups in total. The van der Waals surface area contributed by atoms with E-state index in [1.54, 1.807) is 31.2 Å². The van der Waals surface area contributed by atoms with Crippen LogP contribution < -0.4 is 5.73 Å². The molecule has 0 spiro atoms. The summed E-state index contributed by atoms with van der Waals surface area (Å²) in [4.78, 5) is 15.5. The summed E-state index contributed by atoms with van der Waals surface area (Å²) in [6.07, 6.45) is -4.22.